The standard InChI is InChI=1S/C16H23NO3/c1-12(2)13-7-6-8-14(11-13)16(3,4)17-15(18)20-10-9-19-5/h6-8,11H,1,9-10H2,2-5H3,(H,17,18). The molecule has 0 bridgehead atoms. The number of hydrogen-bond acceptors (Lipinski definition) is 3. The summed E-state index contributed by atoms with van der Waals surface area (Å²) in [6.45, 7) is 10.4. The molecule has 0 saturated carbocycles. The van der Waals surface area contributed by atoms with E-state index >= 15 is 0 Å². The van der Waals surface area contributed by atoms with Crippen LogP contribution in [0.4, 0.5) is 4.79 Å². The van der Waals surface area contributed by atoms with Gasteiger partial charge in [0, 0.05) is 7.11 Å². The Morgan fingerprint density at radius 1 is 1.35 bits per heavy atom. The summed E-state index contributed by atoms with van der Waals surface area (Å²) in [7, 11) is 1.56. The van der Waals surface area contributed by atoms with Crippen molar-refractivity contribution in [2.24, 2.45) is 0 Å². The molecule has 20 heavy (non-hydrogen) atoms. The van der Waals surface area contributed by atoms with Crippen molar-refractivity contribution in [3.8, 4) is 0 Å². The zero-order valence-corrected chi connectivity index (χ0v) is 12.7. The first-order valence-corrected chi connectivity index (χ1v) is 6.57. The summed E-state index contributed by atoms with van der Waals surface area (Å²) < 4.78 is 9.86. The maximum absolute atomic E-state index is 11.7. The van der Waals surface area contributed by atoms with Crippen LogP contribution in [0.1, 0.15) is 31.9 Å². The second-order valence-corrected chi connectivity index (χ2v) is 5.24. The molecule has 0 spiro atoms. The van der Waals surface area contributed by atoms with Gasteiger partial charge >= 0.3 is 6.09 Å². The van der Waals surface area contributed by atoms with Crippen molar-refractivity contribution in [1.82, 2.24) is 5.32 Å². The molecular weight excluding hydrogens is 254 g/mol. The molecule has 0 heterocycles. The van der Waals surface area contributed by atoms with E-state index in [0.717, 1.165) is 16.7 Å². The molecule has 110 valence electrons. The van der Waals surface area contributed by atoms with Crippen molar-refractivity contribution in [2.75, 3.05) is 20.3 Å². The number of hydrogen-bond donors (Lipinski definition) is 1. The predicted molar refractivity (Wildman–Crippen MR) is 80.5 cm³/mol. The van der Waals surface area contributed by atoms with Gasteiger partial charge < -0.3 is 14.8 Å². The molecule has 1 aromatic carbocycles. The second-order valence-electron chi connectivity index (χ2n) is 5.24. The van der Waals surface area contributed by atoms with Crippen LogP contribution in [0.2, 0.25) is 0 Å². The molecule has 0 unspecified atom stereocenters. The van der Waals surface area contributed by atoms with Gasteiger partial charge in [-0.2, -0.15) is 0 Å². The Balaban J connectivity index is 2.75. The van der Waals surface area contributed by atoms with Crippen molar-refractivity contribution in [1.29, 1.82) is 0 Å². The minimum absolute atomic E-state index is 0.240. The highest BCUT2D eigenvalue weighted by atomic mass is 16.6. The molecule has 0 radical (unpaired) electrons. The van der Waals surface area contributed by atoms with Crippen molar-refractivity contribution in [3.05, 3.63) is 42.0 Å². The average molecular weight is 277 g/mol. The van der Waals surface area contributed by atoms with Crippen LogP contribution in [0.25, 0.3) is 5.57 Å². The van der Waals surface area contributed by atoms with E-state index in [-0.39, 0.29) is 6.61 Å². The van der Waals surface area contributed by atoms with Crippen LogP contribution in [0, 0.1) is 0 Å². The van der Waals surface area contributed by atoms with Crippen LogP contribution in [-0.4, -0.2) is 26.4 Å². The van der Waals surface area contributed by atoms with Gasteiger partial charge in [0.2, 0.25) is 0 Å². The zero-order valence-electron chi connectivity index (χ0n) is 12.7. The zero-order chi connectivity index (χ0) is 15.2. The van der Waals surface area contributed by atoms with Gasteiger partial charge in [-0.3, -0.25) is 0 Å². The van der Waals surface area contributed by atoms with Gasteiger partial charge in [-0.05, 0) is 38.0 Å². The lowest BCUT2D eigenvalue weighted by atomic mass is 9.92. The van der Waals surface area contributed by atoms with Gasteiger partial charge in [0.15, 0.2) is 0 Å². The maximum atomic E-state index is 11.7. The Morgan fingerprint density at radius 3 is 2.65 bits per heavy atom. The van der Waals surface area contributed by atoms with Crippen molar-refractivity contribution < 1.29 is 14.3 Å². The molecule has 0 aliphatic carbocycles. The van der Waals surface area contributed by atoms with E-state index in [2.05, 4.69) is 11.9 Å². The molecule has 0 atom stereocenters. The number of benzene rings is 1. The summed E-state index contributed by atoms with van der Waals surface area (Å²) in [5, 5.41) is 2.85. The summed E-state index contributed by atoms with van der Waals surface area (Å²) in [5.41, 5.74) is 2.53. The average Bonchev–Trinajstić information content (AvgIpc) is 2.38. The molecule has 1 N–H and O–H groups in total. The first-order valence-electron chi connectivity index (χ1n) is 6.57. The Morgan fingerprint density at radius 2 is 2.05 bits per heavy atom. The van der Waals surface area contributed by atoms with Crippen molar-refractivity contribution in [3.63, 3.8) is 0 Å². The molecular formula is C16H23NO3. The molecule has 0 saturated heterocycles. The highest BCUT2D eigenvalue weighted by Crippen LogP contribution is 2.23. The Kier molecular flexibility index (Phi) is 5.77. The van der Waals surface area contributed by atoms with Gasteiger partial charge in [-0.1, -0.05) is 30.4 Å². The van der Waals surface area contributed by atoms with Crippen LogP contribution in [0.3, 0.4) is 0 Å². The number of nitrogens with one attached hydrogen (secondary N) is 1. The molecule has 0 aliphatic heterocycles. The number of rotatable bonds is 6. The predicted octanol–water partition coefficient (Wildman–Crippen LogP) is 3.33. The number of methoxy groups -OCH3 is 1. The summed E-state index contributed by atoms with van der Waals surface area (Å²) in [6, 6.07) is 7.96. The molecule has 1 amide bonds. The number of carbonyl (C=O) groups excluding carboxylic acids is 1. The number of alkyl carbamates (subject to hydrolysis) is 1. The number of ether oxygens (including phenoxy) is 2. The SMILES string of the molecule is C=C(C)c1cccc(C(C)(C)NC(=O)OCCOC)c1. The van der Waals surface area contributed by atoms with Crippen LogP contribution in [0.15, 0.2) is 30.8 Å². The van der Waals surface area contributed by atoms with Gasteiger partial charge in [0.25, 0.3) is 0 Å². The summed E-state index contributed by atoms with van der Waals surface area (Å²) in [6.07, 6.45) is -0.451. The fraction of sp³-hybridized carbons (Fsp3) is 0.438. The maximum Gasteiger partial charge on any atom is 0.407 e. The number of carbonyl (C=O) groups is 1. The summed E-state index contributed by atoms with van der Waals surface area (Å²) in [4.78, 5) is 11.7. The number of allylic oxidation sites excluding steroid dienone is 1. The summed E-state index contributed by atoms with van der Waals surface area (Å²) >= 11 is 0. The van der Waals surface area contributed by atoms with Gasteiger partial charge in [0.1, 0.15) is 6.61 Å². The third-order valence-electron chi connectivity index (χ3n) is 3.01. The van der Waals surface area contributed by atoms with Crippen LogP contribution >= 0.6 is 0 Å². The lowest BCUT2D eigenvalue weighted by molar-refractivity contribution is 0.0931. The smallest absolute Gasteiger partial charge is 0.407 e. The summed E-state index contributed by atoms with van der Waals surface area (Å²) in [5.74, 6) is 0. The highest BCUT2D eigenvalue weighted by Gasteiger charge is 2.23. The third-order valence-corrected chi connectivity index (χ3v) is 3.01. The Labute approximate surface area is 120 Å². The second kappa shape index (κ2) is 7.10. The van der Waals surface area contributed by atoms with E-state index in [1.807, 2.05) is 45.0 Å². The third kappa shape index (κ3) is 4.70. The van der Waals surface area contributed by atoms with Crippen LogP contribution < -0.4 is 5.32 Å². The van der Waals surface area contributed by atoms with E-state index in [1.165, 1.54) is 0 Å². The molecule has 1 rings (SSSR count). The van der Waals surface area contributed by atoms with Crippen LogP contribution in [0.5, 0.6) is 0 Å². The van der Waals surface area contributed by atoms with E-state index in [4.69, 9.17) is 9.47 Å². The van der Waals surface area contributed by atoms with E-state index in [0.29, 0.717) is 6.61 Å². The van der Waals surface area contributed by atoms with E-state index in [1.54, 1.807) is 7.11 Å². The molecule has 1 aromatic rings. The lowest BCUT2D eigenvalue weighted by Gasteiger charge is -2.27. The Bertz CT molecular complexity index is 480. The normalized spacial score (nSPS) is 11.0. The van der Waals surface area contributed by atoms with Gasteiger partial charge in [-0.25, -0.2) is 4.79 Å². The molecule has 0 aliphatic rings. The van der Waals surface area contributed by atoms with Gasteiger partial charge in [-0.15, -0.1) is 0 Å². The van der Waals surface area contributed by atoms with Crippen molar-refractivity contribution in [2.45, 2.75) is 26.3 Å². The molecule has 4 heteroatoms. The fourth-order valence-electron chi connectivity index (χ4n) is 1.75. The van der Waals surface area contributed by atoms with E-state index < -0.39 is 11.6 Å². The highest BCUT2D eigenvalue weighted by molar-refractivity contribution is 5.69. The Hall–Kier alpha value is -1.81. The minimum atomic E-state index is -0.518. The number of amides is 1. The largest absolute Gasteiger partial charge is 0.447 e. The monoisotopic (exact) mass is 277 g/mol. The molecule has 4 nitrogen and oxygen atoms in total. The fourth-order valence-corrected chi connectivity index (χ4v) is 1.75. The molecule has 0 fully saturated rings. The lowest BCUT2D eigenvalue weighted by Crippen LogP contribution is -2.41. The topological polar surface area (TPSA) is 47.6 Å². The minimum Gasteiger partial charge on any atom is -0.447 e. The van der Waals surface area contributed by atoms with Crippen molar-refractivity contribution >= 4 is 11.7 Å². The quantitative estimate of drug-likeness (QED) is 0.811. The molecule has 0 aromatic heterocycles. The van der Waals surface area contributed by atoms with Gasteiger partial charge in [0.05, 0.1) is 12.1 Å². The first-order chi connectivity index (χ1) is 9.36. The van der Waals surface area contributed by atoms with E-state index in [9.17, 15) is 4.79 Å². The van der Waals surface area contributed by atoms with Crippen LogP contribution in [-0.2, 0) is 15.0 Å². The first kappa shape index (κ1) is 16.2.